The van der Waals surface area contributed by atoms with Gasteiger partial charge in [0.2, 0.25) is 0 Å². The number of oxazole rings is 1. The molecule has 10 heteroatoms. The third kappa shape index (κ3) is 5.24. The molecule has 0 atom stereocenters. The first-order valence-corrected chi connectivity index (χ1v) is 11.3. The maximum absolute atomic E-state index is 13.3. The molecule has 172 valence electrons. The lowest BCUT2D eigenvalue weighted by Crippen LogP contribution is -2.18. The molecule has 34 heavy (non-hydrogen) atoms. The fourth-order valence-electron chi connectivity index (χ4n) is 3.00. The number of carbonyl (C=O) groups excluding carboxylic acids is 2. The molecule has 0 saturated carbocycles. The molecule has 2 amide bonds. The second kappa shape index (κ2) is 10.2. The Bertz CT molecular complexity index is 1320. The summed E-state index contributed by atoms with van der Waals surface area (Å²) in [6, 6.07) is 15.5. The van der Waals surface area contributed by atoms with Crippen LogP contribution in [0.5, 0.6) is 11.5 Å². The molecule has 0 aliphatic carbocycles. The average Bonchev–Trinajstić information content (AvgIpc) is 3.30. The maximum atomic E-state index is 13.3. The van der Waals surface area contributed by atoms with Crippen LogP contribution in [0.15, 0.2) is 76.5 Å². The van der Waals surface area contributed by atoms with Gasteiger partial charge in [0.05, 0.1) is 0 Å². The summed E-state index contributed by atoms with van der Waals surface area (Å²) in [6.07, 6.45) is 3.26. The van der Waals surface area contributed by atoms with Gasteiger partial charge in [-0.1, -0.05) is 11.8 Å². The smallest absolute Gasteiger partial charge is 0.278 e. The zero-order valence-electron chi connectivity index (χ0n) is 18.2. The molecule has 0 aliphatic heterocycles. The minimum atomic E-state index is -0.471. The molecule has 0 unspecified atom stereocenters. The number of nitrogens with one attached hydrogen (secondary N) is 2. The van der Waals surface area contributed by atoms with Gasteiger partial charge in [0.1, 0.15) is 23.0 Å². The minimum Gasteiger partial charge on any atom is -0.457 e. The van der Waals surface area contributed by atoms with Crippen LogP contribution in [0.25, 0.3) is 11.3 Å². The largest absolute Gasteiger partial charge is 0.457 e. The van der Waals surface area contributed by atoms with Gasteiger partial charge in [-0.3, -0.25) is 14.6 Å². The van der Waals surface area contributed by atoms with E-state index < -0.39 is 11.7 Å². The van der Waals surface area contributed by atoms with Crippen molar-refractivity contribution >= 4 is 29.3 Å². The summed E-state index contributed by atoms with van der Waals surface area (Å²) in [4.78, 5) is 32.9. The highest BCUT2D eigenvalue weighted by atomic mass is 32.2. The zero-order valence-corrected chi connectivity index (χ0v) is 19.0. The van der Waals surface area contributed by atoms with Gasteiger partial charge < -0.3 is 19.8 Å². The van der Waals surface area contributed by atoms with Crippen molar-refractivity contribution < 1.29 is 23.1 Å². The number of anilines is 1. The van der Waals surface area contributed by atoms with E-state index in [1.54, 1.807) is 36.6 Å². The number of ether oxygens (including phenoxy) is 1. The van der Waals surface area contributed by atoms with Crippen molar-refractivity contribution in [2.75, 3.05) is 18.6 Å². The Labute approximate surface area is 198 Å². The monoisotopic (exact) mass is 478 g/mol. The van der Waals surface area contributed by atoms with Crippen LogP contribution in [0.4, 0.5) is 10.1 Å². The third-order valence-electron chi connectivity index (χ3n) is 4.64. The maximum Gasteiger partial charge on any atom is 0.278 e. The summed E-state index contributed by atoms with van der Waals surface area (Å²) in [5, 5.41) is 5.60. The molecular formula is C24H19FN4O4S. The Kier molecular flexibility index (Phi) is 6.88. The highest BCUT2D eigenvalue weighted by Crippen LogP contribution is 2.30. The molecular weight excluding hydrogens is 459 g/mol. The Morgan fingerprint density at radius 1 is 1.00 bits per heavy atom. The van der Waals surface area contributed by atoms with Crippen molar-refractivity contribution in [1.29, 1.82) is 0 Å². The van der Waals surface area contributed by atoms with E-state index in [0.29, 0.717) is 28.0 Å². The molecule has 2 heterocycles. The van der Waals surface area contributed by atoms with Crippen LogP contribution in [0.1, 0.15) is 21.0 Å². The summed E-state index contributed by atoms with van der Waals surface area (Å²) in [7, 11) is 1.52. The molecule has 0 saturated heterocycles. The van der Waals surface area contributed by atoms with E-state index in [1.807, 2.05) is 0 Å². The Morgan fingerprint density at radius 2 is 1.74 bits per heavy atom. The van der Waals surface area contributed by atoms with Crippen molar-refractivity contribution in [1.82, 2.24) is 15.3 Å². The third-order valence-corrected chi connectivity index (χ3v) is 5.17. The number of halogens is 1. The topological polar surface area (TPSA) is 106 Å². The van der Waals surface area contributed by atoms with Crippen molar-refractivity contribution in [2.24, 2.45) is 0 Å². The number of hydrogen-bond acceptors (Lipinski definition) is 7. The molecule has 2 N–H and O–H groups in total. The van der Waals surface area contributed by atoms with Crippen LogP contribution in [0, 0.1) is 5.82 Å². The Balaban J connectivity index is 1.49. The minimum absolute atomic E-state index is 0.0924. The summed E-state index contributed by atoms with van der Waals surface area (Å²) in [5.41, 5.74) is 1.38. The normalized spacial score (nSPS) is 10.6. The number of nitrogens with zero attached hydrogens (tertiary/aromatic N) is 2. The quantitative estimate of drug-likeness (QED) is 0.360. The highest BCUT2D eigenvalue weighted by Gasteiger charge is 2.21. The van der Waals surface area contributed by atoms with E-state index in [0.717, 1.165) is 0 Å². The number of hydrogen-bond donors (Lipinski definition) is 2. The number of thioether (sulfide) groups is 1. The highest BCUT2D eigenvalue weighted by molar-refractivity contribution is 7.98. The molecule has 4 rings (SSSR count). The van der Waals surface area contributed by atoms with Crippen molar-refractivity contribution in [3.8, 4) is 22.8 Å². The molecule has 0 bridgehead atoms. The number of aromatic nitrogens is 2. The Hall–Kier alpha value is -4.18. The van der Waals surface area contributed by atoms with Crippen LogP contribution in [-0.2, 0) is 0 Å². The molecule has 8 nitrogen and oxygen atoms in total. The molecule has 2 aromatic heterocycles. The van der Waals surface area contributed by atoms with Crippen LogP contribution < -0.4 is 15.4 Å². The van der Waals surface area contributed by atoms with Gasteiger partial charge in [0, 0.05) is 30.6 Å². The molecule has 0 spiro atoms. The number of pyridine rings is 1. The van der Waals surface area contributed by atoms with Gasteiger partial charge in [0.25, 0.3) is 17.0 Å². The Morgan fingerprint density at radius 3 is 2.41 bits per heavy atom. The first kappa shape index (κ1) is 23.0. The van der Waals surface area contributed by atoms with Crippen LogP contribution in [0.3, 0.4) is 0 Å². The fraction of sp³-hybridized carbons (Fsp3) is 0.0833. The summed E-state index contributed by atoms with van der Waals surface area (Å²) in [6.45, 7) is 0. The number of carbonyl (C=O) groups is 2. The predicted molar refractivity (Wildman–Crippen MR) is 126 cm³/mol. The van der Waals surface area contributed by atoms with Crippen molar-refractivity contribution in [2.45, 2.75) is 5.22 Å². The average molecular weight is 479 g/mol. The lowest BCUT2D eigenvalue weighted by Gasteiger charge is -2.09. The lowest BCUT2D eigenvalue weighted by molar-refractivity contribution is 0.0957. The van der Waals surface area contributed by atoms with E-state index in [9.17, 15) is 14.0 Å². The van der Waals surface area contributed by atoms with Gasteiger partial charge in [-0.15, -0.1) is 0 Å². The van der Waals surface area contributed by atoms with Gasteiger partial charge in [-0.25, -0.2) is 4.39 Å². The van der Waals surface area contributed by atoms with Crippen molar-refractivity contribution in [3.05, 3.63) is 84.1 Å². The van der Waals surface area contributed by atoms with E-state index in [1.165, 1.54) is 55.3 Å². The second-order valence-corrected chi connectivity index (χ2v) is 7.66. The standard InChI is InChI=1S/C24H19FN4O4S/c1-26-22(30)19-13-18(11-12-27-19)32-17-9-7-16(8-10-17)28-23(31)20-21(33-24(29-20)34-2)14-3-5-15(25)6-4-14/h3-13H,1-2H3,(H,26,30)(H,28,31). The zero-order chi connectivity index (χ0) is 24.1. The molecule has 2 aromatic carbocycles. The van der Waals surface area contributed by atoms with E-state index in [2.05, 4.69) is 20.6 Å². The molecule has 0 radical (unpaired) electrons. The van der Waals surface area contributed by atoms with E-state index >= 15 is 0 Å². The predicted octanol–water partition coefficient (Wildman–Crippen LogP) is 5.00. The number of benzene rings is 2. The van der Waals surface area contributed by atoms with E-state index in [-0.39, 0.29) is 23.1 Å². The second-order valence-electron chi connectivity index (χ2n) is 6.90. The van der Waals surface area contributed by atoms with Crippen LogP contribution in [-0.4, -0.2) is 35.1 Å². The number of rotatable bonds is 7. The van der Waals surface area contributed by atoms with Gasteiger partial charge in [0.15, 0.2) is 11.5 Å². The summed E-state index contributed by atoms with van der Waals surface area (Å²) >= 11 is 1.25. The van der Waals surface area contributed by atoms with Gasteiger partial charge >= 0.3 is 0 Å². The van der Waals surface area contributed by atoms with E-state index in [4.69, 9.17) is 9.15 Å². The fourth-order valence-corrected chi connectivity index (χ4v) is 3.35. The number of amides is 2. The molecule has 0 fully saturated rings. The lowest BCUT2D eigenvalue weighted by atomic mass is 10.1. The van der Waals surface area contributed by atoms with Crippen LogP contribution in [0.2, 0.25) is 0 Å². The first-order valence-electron chi connectivity index (χ1n) is 10.0. The summed E-state index contributed by atoms with van der Waals surface area (Å²) in [5.74, 6) is 0.0266. The van der Waals surface area contributed by atoms with Gasteiger partial charge in [-0.05, 0) is 60.9 Å². The SMILES string of the molecule is CNC(=O)c1cc(Oc2ccc(NC(=O)c3nc(SC)oc3-c3ccc(F)cc3)cc2)ccn1. The van der Waals surface area contributed by atoms with Crippen molar-refractivity contribution in [3.63, 3.8) is 0 Å². The van der Waals surface area contributed by atoms with Gasteiger partial charge in [-0.2, -0.15) is 4.98 Å². The molecule has 0 aliphatic rings. The first-order chi connectivity index (χ1) is 16.5. The molecule has 4 aromatic rings. The summed E-state index contributed by atoms with van der Waals surface area (Å²) < 4.78 is 24.8. The van der Waals surface area contributed by atoms with Crippen LogP contribution >= 0.6 is 11.8 Å².